The van der Waals surface area contributed by atoms with Gasteiger partial charge in [0, 0.05) is 33.2 Å². The lowest BCUT2D eigenvalue weighted by molar-refractivity contribution is 0.102. The monoisotopic (exact) mass is 352 g/mol. The summed E-state index contributed by atoms with van der Waals surface area (Å²) < 4.78 is 0. The first-order chi connectivity index (χ1) is 11.7. The van der Waals surface area contributed by atoms with Crippen LogP contribution in [0.2, 0.25) is 5.02 Å². The van der Waals surface area contributed by atoms with Gasteiger partial charge in [-0.1, -0.05) is 29.8 Å². The maximum absolute atomic E-state index is 12.5. The lowest BCUT2D eigenvalue weighted by Gasteiger charge is -2.06. The lowest BCUT2D eigenvalue weighted by Crippen LogP contribution is -2.11. The van der Waals surface area contributed by atoms with E-state index in [-0.39, 0.29) is 5.91 Å². The highest BCUT2D eigenvalue weighted by molar-refractivity contribution is 7.14. The number of halogens is 1. The molecule has 0 aliphatic heterocycles. The second-order valence-electron chi connectivity index (χ2n) is 5.37. The van der Waals surface area contributed by atoms with Gasteiger partial charge in [0.15, 0.2) is 0 Å². The van der Waals surface area contributed by atoms with Crippen molar-refractivity contribution in [3.05, 3.63) is 76.8 Å². The summed E-state index contributed by atoms with van der Waals surface area (Å²) in [4.78, 5) is 16.8. The largest absolute Gasteiger partial charge is 0.361 e. The standard InChI is InChI=1S/C19H13ClN2OS/c20-13-7-5-12(6-8-13)19(23)22-17-9-10-24-18(17)15-11-21-16-4-2-1-3-14(15)16/h1-11,21H,(H,22,23). The molecule has 2 heterocycles. The molecule has 3 nitrogen and oxygen atoms in total. The number of amides is 1. The van der Waals surface area contributed by atoms with Gasteiger partial charge in [-0.15, -0.1) is 11.3 Å². The number of aromatic nitrogens is 1. The molecule has 0 bridgehead atoms. The third-order valence-corrected chi connectivity index (χ3v) is 5.05. The molecule has 0 aliphatic rings. The van der Waals surface area contributed by atoms with E-state index in [2.05, 4.69) is 16.4 Å². The lowest BCUT2D eigenvalue weighted by atomic mass is 10.1. The van der Waals surface area contributed by atoms with Gasteiger partial charge in [0.2, 0.25) is 0 Å². The molecular formula is C19H13ClN2OS. The second-order valence-corrected chi connectivity index (χ2v) is 6.72. The number of fused-ring (bicyclic) bond motifs is 1. The molecule has 2 N–H and O–H groups in total. The molecule has 0 radical (unpaired) electrons. The predicted molar refractivity (Wildman–Crippen MR) is 101 cm³/mol. The van der Waals surface area contributed by atoms with Crippen molar-refractivity contribution >= 4 is 45.4 Å². The Bertz CT molecular complexity index is 1020. The SMILES string of the molecule is O=C(Nc1ccsc1-c1c[nH]c2ccccc12)c1ccc(Cl)cc1. The minimum absolute atomic E-state index is 0.147. The fourth-order valence-electron chi connectivity index (χ4n) is 2.67. The van der Waals surface area contributed by atoms with Crippen molar-refractivity contribution in [2.75, 3.05) is 5.32 Å². The van der Waals surface area contributed by atoms with E-state index in [0.29, 0.717) is 10.6 Å². The molecular weight excluding hydrogens is 340 g/mol. The Labute approximate surface area is 147 Å². The fourth-order valence-corrected chi connectivity index (χ4v) is 3.68. The Morgan fingerprint density at radius 3 is 2.67 bits per heavy atom. The summed E-state index contributed by atoms with van der Waals surface area (Å²) in [6, 6.07) is 16.9. The summed E-state index contributed by atoms with van der Waals surface area (Å²) in [5.41, 5.74) is 3.56. The first-order valence-electron chi connectivity index (χ1n) is 7.43. The van der Waals surface area contributed by atoms with Gasteiger partial charge < -0.3 is 10.3 Å². The van der Waals surface area contributed by atoms with Crippen LogP contribution in [-0.2, 0) is 0 Å². The summed E-state index contributed by atoms with van der Waals surface area (Å²) in [6.07, 6.45) is 1.98. The maximum Gasteiger partial charge on any atom is 0.255 e. The Balaban J connectivity index is 1.68. The number of benzene rings is 2. The normalized spacial score (nSPS) is 10.9. The number of nitrogens with one attached hydrogen (secondary N) is 2. The molecule has 1 amide bonds. The zero-order valence-electron chi connectivity index (χ0n) is 12.5. The molecule has 4 rings (SSSR count). The van der Waals surface area contributed by atoms with E-state index >= 15 is 0 Å². The summed E-state index contributed by atoms with van der Waals surface area (Å²) >= 11 is 7.48. The average molecular weight is 353 g/mol. The molecule has 0 saturated heterocycles. The number of carbonyl (C=O) groups is 1. The van der Waals surface area contributed by atoms with Crippen LogP contribution in [0.3, 0.4) is 0 Å². The minimum atomic E-state index is -0.147. The summed E-state index contributed by atoms with van der Waals surface area (Å²) in [7, 11) is 0. The van der Waals surface area contributed by atoms with E-state index < -0.39 is 0 Å². The molecule has 0 aliphatic carbocycles. The molecule has 2 aromatic carbocycles. The number of aromatic amines is 1. The average Bonchev–Trinajstić information content (AvgIpc) is 3.21. The topological polar surface area (TPSA) is 44.9 Å². The van der Waals surface area contributed by atoms with E-state index in [0.717, 1.165) is 27.0 Å². The molecule has 0 fully saturated rings. The van der Waals surface area contributed by atoms with Crippen LogP contribution in [0, 0.1) is 0 Å². The van der Waals surface area contributed by atoms with E-state index in [1.165, 1.54) is 0 Å². The van der Waals surface area contributed by atoms with Crippen LogP contribution in [0.15, 0.2) is 66.2 Å². The van der Waals surface area contributed by atoms with Crippen LogP contribution in [0.4, 0.5) is 5.69 Å². The molecule has 2 aromatic heterocycles. The maximum atomic E-state index is 12.5. The highest BCUT2D eigenvalue weighted by Gasteiger charge is 2.14. The van der Waals surface area contributed by atoms with E-state index in [4.69, 9.17) is 11.6 Å². The van der Waals surface area contributed by atoms with Crippen LogP contribution < -0.4 is 5.32 Å². The molecule has 5 heteroatoms. The second kappa shape index (κ2) is 6.15. The number of hydrogen-bond acceptors (Lipinski definition) is 2. The number of anilines is 1. The molecule has 0 unspecified atom stereocenters. The summed E-state index contributed by atoms with van der Waals surface area (Å²) in [6.45, 7) is 0. The van der Waals surface area contributed by atoms with Gasteiger partial charge in [0.25, 0.3) is 5.91 Å². The van der Waals surface area contributed by atoms with Crippen molar-refractivity contribution in [2.24, 2.45) is 0 Å². The van der Waals surface area contributed by atoms with Crippen molar-refractivity contribution in [3.8, 4) is 10.4 Å². The number of carbonyl (C=O) groups excluding carboxylic acids is 1. The molecule has 4 aromatic rings. The van der Waals surface area contributed by atoms with Crippen LogP contribution >= 0.6 is 22.9 Å². The van der Waals surface area contributed by atoms with Gasteiger partial charge in [0.1, 0.15) is 0 Å². The van der Waals surface area contributed by atoms with Crippen LogP contribution in [0.5, 0.6) is 0 Å². The van der Waals surface area contributed by atoms with E-state index in [1.807, 2.05) is 35.8 Å². The smallest absolute Gasteiger partial charge is 0.255 e. The highest BCUT2D eigenvalue weighted by atomic mass is 35.5. The molecule has 0 saturated carbocycles. The third-order valence-electron chi connectivity index (χ3n) is 3.85. The predicted octanol–water partition coefficient (Wildman–Crippen LogP) is 5.80. The van der Waals surface area contributed by atoms with Crippen LogP contribution in [0.1, 0.15) is 10.4 Å². The van der Waals surface area contributed by atoms with Gasteiger partial charge in [-0.25, -0.2) is 0 Å². The van der Waals surface area contributed by atoms with Crippen LogP contribution in [0.25, 0.3) is 21.3 Å². The van der Waals surface area contributed by atoms with Gasteiger partial charge in [-0.05, 0) is 41.8 Å². The number of rotatable bonds is 3. The molecule has 0 spiro atoms. The first kappa shape index (κ1) is 15.0. The van der Waals surface area contributed by atoms with E-state index in [1.54, 1.807) is 35.6 Å². The summed E-state index contributed by atoms with van der Waals surface area (Å²) in [5.74, 6) is -0.147. The Morgan fingerprint density at radius 1 is 1.04 bits per heavy atom. The zero-order chi connectivity index (χ0) is 16.5. The Hall–Kier alpha value is -2.56. The number of thiophene rings is 1. The van der Waals surface area contributed by atoms with Gasteiger partial charge in [-0.2, -0.15) is 0 Å². The van der Waals surface area contributed by atoms with Crippen molar-refractivity contribution in [2.45, 2.75) is 0 Å². The van der Waals surface area contributed by atoms with E-state index in [9.17, 15) is 4.79 Å². The molecule has 118 valence electrons. The molecule has 0 atom stereocenters. The number of H-pyrrole nitrogens is 1. The Kier molecular flexibility index (Phi) is 3.84. The first-order valence-corrected chi connectivity index (χ1v) is 8.69. The van der Waals surface area contributed by atoms with Crippen molar-refractivity contribution in [1.82, 2.24) is 4.98 Å². The van der Waals surface area contributed by atoms with Crippen molar-refractivity contribution in [3.63, 3.8) is 0 Å². The van der Waals surface area contributed by atoms with Crippen molar-refractivity contribution < 1.29 is 4.79 Å². The summed E-state index contributed by atoms with van der Waals surface area (Å²) in [5, 5.41) is 6.73. The number of para-hydroxylation sites is 1. The highest BCUT2D eigenvalue weighted by Crippen LogP contribution is 2.38. The third kappa shape index (κ3) is 2.70. The zero-order valence-corrected chi connectivity index (χ0v) is 14.1. The van der Waals surface area contributed by atoms with Crippen LogP contribution in [-0.4, -0.2) is 10.9 Å². The quantitative estimate of drug-likeness (QED) is 0.480. The van der Waals surface area contributed by atoms with Gasteiger partial charge in [0.05, 0.1) is 10.6 Å². The molecule has 24 heavy (non-hydrogen) atoms. The fraction of sp³-hybridized carbons (Fsp3) is 0. The van der Waals surface area contributed by atoms with Gasteiger partial charge >= 0.3 is 0 Å². The Morgan fingerprint density at radius 2 is 1.83 bits per heavy atom. The minimum Gasteiger partial charge on any atom is -0.361 e. The van der Waals surface area contributed by atoms with Gasteiger partial charge in [-0.3, -0.25) is 4.79 Å². The number of hydrogen-bond donors (Lipinski definition) is 2. The van der Waals surface area contributed by atoms with Crippen molar-refractivity contribution in [1.29, 1.82) is 0 Å².